The Kier molecular flexibility index (Phi) is 9.68. The van der Waals surface area contributed by atoms with Crippen molar-refractivity contribution in [3.05, 3.63) is 59.7 Å². The van der Waals surface area contributed by atoms with Crippen LogP contribution in [-0.4, -0.2) is 33.8 Å². The van der Waals surface area contributed by atoms with Crippen molar-refractivity contribution in [3.63, 3.8) is 0 Å². The summed E-state index contributed by atoms with van der Waals surface area (Å²) in [6.07, 6.45) is 3.41. The van der Waals surface area contributed by atoms with Crippen LogP contribution in [0.1, 0.15) is 54.9 Å². The number of hydrogen-bond donors (Lipinski definition) is 2. The Bertz CT molecular complexity index is 972. The molecule has 0 aliphatic carbocycles. The van der Waals surface area contributed by atoms with Crippen molar-refractivity contribution >= 4 is 21.7 Å². The lowest BCUT2D eigenvalue weighted by molar-refractivity contribution is -0.121. The molecule has 0 atom stereocenters. The van der Waals surface area contributed by atoms with E-state index in [2.05, 4.69) is 17.0 Å². The predicted octanol–water partition coefficient (Wildman–Crippen LogP) is 3.44. The zero-order valence-corrected chi connectivity index (χ0v) is 18.8. The fourth-order valence-corrected chi connectivity index (χ4v) is 3.68. The van der Waals surface area contributed by atoms with Gasteiger partial charge in [0.1, 0.15) is 5.75 Å². The van der Waals surface area contributed by atoms with Crippen molar-refractivity contribution in [2.45, 2.75) is 50.5 Å². The molecule has 2 aromatic rings. The van der Waals surface area contributed by atoms with E-state index in [4.69, 9.17) is 4.74 Å². The maximum absolute atomic E-state index is 12.3. The standard InChI is InChI=1S/C23H30N2O5S/c1-3-4-5-15-30-20-11-9-19(10-12-20)22(26)13-14-23(27)25-17-18-7-6-8-21(16-18)31(28,29)24-2/h6-12,16,24H,3-5,13-15,17H2,1-2H3,(H,25,27). The second kappa shape index (κ2) is 12.2. The number of benzene rings is 2. The summed E-state index contributed by atoms with van der Waals surface area (Å²) in [5, 5.41) is 2.72. The Morgan fingerprint density at radius 1 is 1.00 bits per heavy atom. The third kappa shape index (κ3) is 8.15. The molecule has 0 aliphatic heterocycles. The number of unbranched alkanes of at least 4 members (excludes halogenated alkanes) is 2. The average Bonchev–Trinajstić information content (AvgIpc) is 2.79. The Morgan fingerprint density at radius 3 is 2.42 bits per heavy atom. The SMILES string of the molecule is CCCCCOc1ccc(C(=O)CCC(=O)NCc2cccc(S(=O)(=O)NC)c2)cc1. The van der Waals surface area contributed by atoms with Crippen LogP contribution in [0.25, 0.3) is 0 Å². The van der Waals surface area contributed by atoms with Crippen LogP contribution in [0.2, 0.25) is 0 Å². The van der Waals surface area contributed by atoms with Crippen LogP contribution >= 0.6 is 0 Å². The van der Waals surface area contributed by atoms with Gasteiger partial charge in [-0.15, -0.1) is 0 Å². The highest BCUT2D eigenvalue weighted by Gasteiger charge is 2.13. The molecular formula is C23H30N2O5S. The first-order valence-corrected chi connectivity index (χ1v) is 11.9. The molecule has 1 amide bonds. The zero-order chi connectivity index (χ0) is 22.7. The van der Waals surface area contributed by atoms with Crippen LogP contribution in [0, 0.1) is 0 Å². The smallest absolute Gasteiger partial charge is 0.240 e. The van der Waals surface area contributed by atoms with E-state index in [-0.39, 0.29) is 36.0 Å². The first-order chi connectivity index (χ1) is 14.9. The number of amides is 1. The van der Waals surface area contributed by atoms with Crippen molar-refractivity contribution in [2.75, 3.05) is 13.7 Å². The number of hydrogen-bond acceptors (Lipinski definition) is 5. The molecule has 0 saturated heterocycles. The molecule has 0 fully saturated rings. The first-order valence-electron chi connectivity index (χ1n) is 10.4. The van der Waals surface area contributed by atoms with E-state index in [9.17, 15) is 18.0 Å². The van der Waals surface area contributed by atoms with E-state index in [0.29, 0.717) is 17.7 Å². The van der Waals surface area contributed by atoms with Gasteiger partial charge < -0.3 is 10.1 Å². The average molecular weight is 447 g/mol. The lowest BCUT2D eigenvalue weighted by atomic mass is 10.1. The van der Waals surface area contributed by atoms with Gasteiger partial charge in [0.15, 0.2) is 5.78 Å². The van der Waals surface area contributed by atoms with Gasteiger partial charge in [-0.1, -0.05) is 31.9 Å². The Hall–Kier alpha value is -2.71. The molecule has 2 N–H and O–H groups in total. The molecule has 31 heavy (non-hydrogen) atoms. The number of sulfonamides is 1. The molecule has 0 spiro atoms. The number of rotatable bonds is 13. The summed E-state index contributed by atoms with van der Waals surface area (Å²) in [5.41, 5.74) is 1.20. The molecular weight excluding hydrogens is 416 g/mol. The van der Waals surface area contributed by atoms with Crippen LogP contribution < -0.4 is 14.8 Å². The highest BCUT2D eigenvalue weighted by atomic mass is 32.2. The van der Waals surface area contributed by atoms with Gasteiger partial charge >= 0.3 is 0 Å². The van der Waals surface area contributed by atoms with Gasteiger partial charge in [-0.05, 0) is 55.4 Å². The highest BCUT2D eigenvalue weighted by molar-refractivity contribution is 7.89. The lowest BCUT2D eigenvalue weighted by Gasteiger charge is -2.08. The van der Waals surface area contributed by atoms with Crippen LogP contribution in [-0.2, 0) is 21.4 Å². The van der Waals surface area contributed by atoms with Crippen LogP contribution in [0.15, 0.2) is 53.4 Å². The monoisotopic (exact) mass is 446 g/mol. The molecule has 2 rings (SSSR count). The van der Waals surface area contributed by atoms with E-state index in [1.807, 2.05) is 0 Å². The Labute approximate surface area is 184 Å². The van der Waals surface area contributed by atoms with Gasteiger partial charge in [0.2, 0.25) is 15.9 Å². The summed E-state index contributed by atoms with van der Waals surface area (Å²) in [6.45, 7) is 2.98. The summed E-state index contributed by atoms with van der Waals surface area (Å²) < 4.78 is 31.6. The van der Waals surface area contributed by atoms with E-state index >= 15 is 0 Å². The van der Waals surface area contributed by atoms with Crippen LogP contribution in [0.5, 0.6) is 5.75 Å². The number of ketones is 1. The molecule has 0 radical (unpaired) electrons. The van der Waals surface area contributed by atoms with E-state index in [1.165, 1.54) is 19.2 Å². The number of nitrogens with one attached hydrogen (secondary N) is 2. The Balaban J connectivity index is 1.78. The maximum atomic E-state index is 12.3. The lowest BCUT2D eigenvalue weighted by Crippen LogP contribution is -2.24. The molecule has 0 aliphatic rings. The van der Waals surface area contributed by atoms with Gasteiger partial charge in [-0.3, -0.25) is 9.59 Å². The Morgan fingerprint density at radius 2 is 1.74 bits per heavy atom. The summed E-state index contributed by atoms with van der Waals surface area (Å²) in [4.78, 5) is 24.6. The van der Waals surface area contributed by atoms with Crippen molar-refractivity contribution in [2.24, 2.45) is 0 Å². The van der Waals surface area contributed by atoms with Gasteiger partial charge in [0, 0.05) is 24.9 Å². The second-order valence-corrected chi connectivity index (χ2v) is 9.02. The number of carbonyl (C=O) groups is 2. The number of Topliss-reactive ketones (excluding diaryl/α,β-unsaturated/α-hetero) is 1. The van der Waals surface area contributed by atoms with Crippen LogP contribution in [0.3, 0.4) is 0 Å². The first kappa shape index (κ1) is 24.6. The minimum absolute atomic E-state index is 0.0581. The second-order valence-electron chi connectivity index (χ2n) is 7.13. The zero-order valence-electron chi connectivity index (χ0n) is 18.0. The molecule has 168 valence electrons. The molecule has 0 unspecified atom stereocenters. The summed E-state index contributed by atoms with van der Waals surface area (Å²) in [7, 11) is -2.20. The summed E-state index contributed by atoms with van der Waals surface area (Å²) in [6, 6.07) is 13.3. The normalized spacial score (nSPS) is 11.2. The molecule has 0 heterocycles. The molecule has 7 nitrogen and oxygen atoms in total. The van der Waals surface area contributed by atoms with Gasteiger partial charge in [0.25, 0.3) is 0 Å². The third-order valence-electron chi connectivity index (χ3n) is 4.74. The van der Waals surface area contributed by atoms with Crippen molar-refractivity contribution < 1.29 is 22.7 Å². The molecule has 2 aromatic carbocycles. The fraction of sp³-hybridized carbons (Fsp3) is 0.391. The minimum atomic E-state index is -3.54. The van der Waals surface area contributed by atoms with E-state index < -0.39 is 10.0 Å². The van der Waals surface area contributed by atoms with Crippen molar-refractivity contribution in [3.8, 4) is 5.75 Å². The minimum Gasteiger partial charge on any atom is -0.494 e. The third-order valence-corrected chi connectivity index (χ3v) is 6.15. The molecule has 0 saturated carbocycles. The molecule has 0 bridgehead atoms. The van der Waals surface area contributed by atoms with Crippen molar-refractivity contribution in [1.82, 2.24) is 10.0 Å². The van der Waals surface area contributed by atoms with Crippen LogP contribution in [0.4, 0.5) is 0 Å². The largest absolute Gasteiger partial charge is 0.494 e. The van der Waals surface area contributed by atoms with Gasteiger partial charge in [-0.25, -0.2) is 13.1 Å². The molecule has 8 heteroatoms. The molecule has 0 aromatic heterocycles. The summed E-state index contributed by atoms with van der Waals surface area (Å²) >= 11 is 0. The van der Waals surface area contributed by atoms with Gasteiger partial charge in [-0.2, -0.15) is 0 Å². The van der Waals surface area contributed by atoms with Crippen molar-refractivity contribution in [1.29, 1.82) is 0 Å². The maximum Gasteiger partial charge on any atom is 0.240 e. The number of ether oxygens (including phenoxy) is 1. The fourth-order valence-electron chi connectivity index (χ4n) is 2.88. The topological polar surface area (TPSA) is 102 Å². The predicted molar refractivity (Wildman–Crippen MR) is 120 cm³/mol. The number of carbonyl (C=O) groups excluding carboxylic acids is 2. The quantitative estimate of drug-likeness (QED) is 0.363. The highest BCUT2D eigenvalue weighted by Crippen LogP contribution is 2.15. The van der Waals surface area contributed by atoms with E-state index in [0.717, 1.165) is 25.0 Å². The van der Waals surface area contributed by atoms with E-state index in [1.54, 1.807) is 36.4 Å². The summed E-state index contributed by atoms with van der Waals surface area (Å²) in [5.74, 6) is 0.341. The van der Waals surface area contributed by atoms with Gasteiger partial charge in [0.05, 0.1) is 11.5 Å².